The van der Waals surface area contributed by atoms with Crippen LogP contribution in [0, 0.1) is 5.92 Å². The highest BCUT2D eigenvalue weighted by atomic mass is 32.2. The predicted octanol–water partition coefficient (Wildman–Crippen LogP) is 3.33. The Balaban J connectivity index is 1.79. The smallest absolute Gasteiger partial charge is 0.306 e. The van der Waals surface area contributed by atoms with Crippen LogP contribution in [0.3, 0.4) is 0 Å². The number of anilines is 1. The van der Waals surface area contributed by atoms with Crippen LogP contribution in [0.1, 0.15) is 24.5 Å². The Kier molecular flexibility index (Phi) is 7.24. The van der Waals surface area contributed by atoms with E-state index in [1.54, 1.807) is 19.1 Å². The largest absolute Gasteiger partial charge is 0.481 e. The van der Waals surface area contributed by atoms with Crippen LogP contribution in [0.25, 0.3) is 0 Å². The van der Waals surface area contributed by atoms with Gasteiger partial charge < -0.3 is 14.6 Å². The minimum absolute atomic E-state index is 0.312. The summed E-state index contributed by atoms with van der Waals surface area (Å²) in [7, 11) is -3.50. The average molecular weight is 391 g/mol. The standard InChI is InChI=1S/C20H25NO5S/c1-15(20(22)23)13-17-5-3-7-18(14-17)21-12-4-6-16-8-10-19(11-9-16)26-27(2,24)25/h3,5,7-11,14-15,21H,4,6,12-13H2,1-2H3,(H,22,23). The molecule has 2 N–H and O–H groups in total. The lowest BCUT2D eigenvalue weighted by Crippen LogP contribution is -2.12. The molecule has 0 aliphatic rings. The van der Waals surface area contributed by atoms with Gasteiger partial charge in [-0.25, -0.2) is 0 Å². The van der Waals surface area contributed by atoms with Crippen molar-refractivity contribution in [1.29, 1.82) is 0 Å². The first-order valence-electron chi connectivity index (χ1n) is 8.77. The molecule has 1 atom stereocenters. The van der Waals surface area contributed by atoms with E-state index in [0.29, 0.717) is 12.2 Å². The van der Waals surface area contributed by atoms with Gasteiger partial charge in [-0.1, -0.05) is 31.2 Å². The van der Waals surface area contributed by atoms with E-state index in [1.165, 1.54) is 0 Å². The van der Waals surface area contributed by atoms with Crippen LogP contribution in [0.15, 0.2) is 48.5 Å². The third kappa shape index (κ3) is 7.70. The van der Waals surface area contributed by atoms with Crippen molar-refractivity contribution in [2.45, 2.75) is 26.2 Å². The lowest BCUT2D eigenvalue weighted by molar-refractivity contribution is -0.141. The van der Waals surface area contributed by atoms with Crippen LogP contribution in [-0.4, -0.2) is 32.3 Å². The van der Waals surface area contributed by atoms with Crippen LogP contribution >= 0.6 is 0 Å². The van der Waals surface area contributed by atoms with E-state index in [1.807, 2.05) is 36.4 Å². The van der Waals surface area contributed by atoms with Crippen molar-refractivity contribution < 1.29 is 22.5 Å². The normalized spacial score (nSPS) is 12.4. The maximum atomic E-state index is 11.1. The number of rotatable bonds is 10. The molecule has 1 unspecified atom stereocenters. The second-order valence-electron chi connectivity index (χ2n) is 6.61. The fourth-order valence-corrected chi connectivity index (χ4v) is 3.12. The summed E-state index contributed by atoms with van der Waals surface area (Å²) in [5.41, 5.74) is 3.07. The van der Waals surface area contributed by atoms with Crippen LogP contribution in [-0.2, 0) is 27.8 Å². The number of carboxylic acid groups (broad SMARTS) is 1. The molecule has 0 aromatic heterocycles. The third-order valence-corrected chi connectivity index (χ3v) is 4.53. The molecule has 0 spiro atoms. The van der Waals surface area contributed by atoms with Gasteiger partial charge in [0.15, 0.2) is 0 Å². The van der Waals surface area contributed by atoms with Gasteiger partial charge in [0.05, 0.1) is 12.2 Å². The molecule has 0 fully saturated rings. The average Bonchev–Trinajstić information content (AvgIpc) is 2.59. The van der Waals surface area contributed by atoms with Gasteiger partial charge in [-0.3, -0.25) is 4.79 Å². The van der Waals surface area contributed by atoms with Crippen LogP contribution in [0.2, 0.25) is 0 Å². The Morgan fingerprint density at radius 3 is 2.48 bits per heavy atom. The Bertz CT molecular complexity index is 862. The van der Waals surface area contributed by atoms with Gasteiger partial charge in [-0.05, 0) is 54.7 Å². The molecule has 0 aliphatic carbocycles. The van der Waals surface area contributed by atoms with Gasteiger partial charge in [0.1, 0.15) is 5.75 Å². The summed E-state index contributed by atoms with van der Waals surface area (Å²) in [6, 6.07) is 14.8. The minimum Gasteiger partial charge on any atom is -0.481 e. The van der Waals surface area contributed by atoms with Crippen molar-refractivity contribution >= 4 is 21.8 Å². The number of carbonyl (C=O) groups is 1. The fraction of sp³-hybridized carbons (Fsp3) is 0.350. The zero-order chi connectivity index (χ0) is 19.9. The Labute approximate surface area is 160 Å². The zero-order valence-electron chi connectivity index (χ0n) is 15.5. The Hall–Kier alpha value is -2.54. The molecule has 0 heterocycles. The van der Waals surface area contributed by atoms with Crippen LogP contribution in [0.5, 0.6) is 5.75 Å². The number of benzene rings is 2. The number of hydrogen-bond donors (Lipinski definition) is 2. The summed E-state index contributed by atoms with van der Waals surface area (Å²) in [6.07, 6.45) is 3.28. The van der Waals surface area contributed by atoms with Crippen molar-refractivity contribution in [3.05, 3.63) is 59.7 Å². The van der Waals surface area contributed by atoms with E-state index in [-0.39, 0.29) is 0 Å². The predicted molar refractivity (Wildman–Crippen MR) is 106 cm³/mol. The van der Waals surface area contributed by atoms with Gasteiger partial charge in [-0.15, -0.1) is 0 Å². The second kappa shape index (κ2) is 9.41. The zero-order valence-corrected chi connectivity index (χ0v) is 16.3. The molecular formula is C20H25NO5S. The molecule has 7 heteroatoms. The second-order valence-corrected chi connectivity index (χ2v) is 8.18. The highest BCUT2D eigenvalue weighted by molar-refractivity contribution is 7.86. The van der Waals surface area contributed by atoms with Gasteiger partial charge in [0.25, 0.3) is 0 Å². The van der Waals surface area contributed by atoms with Crippen LogP contribution in [0.4, 0.5) is 5.69 Å². The molecule has 0 amide bonds. The lowest BCUT2D eigenvalue weighted by Gasteiger charge is -2.10. The summed E-state index contributed by atoms with van der Waals surface area (Å²) in [5.74, 6) is -0.886. The molecule has 6 nitrogen and oxygen atoms in total. The maximum absolute atomic E-state index is 11.1. The van der Waals surface area contributed by atoms with Crippen molar-refractivity contribution in [2.75, 3.05) is 18.1 Å². The lowest BCUT2D eigenvalue weighted by atomic mass is 10.0. The van der Waals surface area contributed by atoms with E-state index >= 15 is 0 Å². The molecule has 2 rings (SSSR count). The number of aliphatic carboxylic acids is 1. The first-order valence-corrected chi connectivity index (χ1v) is 10.6. The quantitative estimate of drug-likeness (QED) is 0.477. The van der Waals surface area contributed by atoms with Gasteiger partial charge in [0.2, 0.25) is 0 Å². The summed E-state index contributed by atoms with van der Waals surface area (Å²) < 4.78 is 27.0. The van der Waals surface area contributed by atoms with Gasteiger partial charge in [0, 0.05) is 12.2 Å². The molecule has 0 aliphatic heterocycles. The van der Waals surface area contributed by atoms with E-state index in [9.17, 15) is 13.2 Å². The maximum Gasteiger partial charge on any atom is 0.306 e. The Morgan fingerprint density at radius 1 is 1.15 bits per heavy atom. The molecule has 0 saturated carbocycles. The molecule has 0 saturated heterocycles. The van der Waals surface area contributed by atoms with Gasteiger partial charge in [-0.2, -0.15) is 8.42 Å². The molecular weight excluding hydrogens is 366 g/mol. The first-order chi connectivity index (χ1) is 12.7. The SMILES string of the molecule is CC(Cc1cccc(NCCCc2ccc(OS(C)(=O)=O)cc2)c1)C(=O)O. The molecule has 2 aromatic rings. The summed E-state index contributed by atoms with van der Waals surface area (Å²) in [5, 5.41) is 12.4. The number of nitrogens with one attached hydrogen (secondary N) is 1. The van der Waals surface area contributed by atoms with E-state index < -0.39 is 22.0 Å². The Morgan fingerprint density at radius 2 is 1.85 bits per heavy atom. The summed E-state index contributed by atoms with van der Waals surface area (Å²) >= 11 is 0. The first kappa shape index (κ1) is 20.8. The van der Waals surface area contributed by atoms with Crippen LogP contribution < -0.4 is 9.50 Å². The van der Waals surface area contributed by atoms with E-state index in [0.717, 1.165) is 42.5 Å². The highest BCUT2D eigenvalue weighted by Crippen LogP contribution is 2.16. The van der Waals surface area contributed by atoms with E-state index in [2.05, 4.69) is 5.32 Å². The van der Waals surface area contributed by atoms with Crippen molar-refractivity contribution in [3.8, 4) is 5.75 Å². The number of carboxylic acids is 1. The minimum atomic E-state index is -3.50. The molecule has 27 heavy (non-hydrogen) atoms. The summed E-state index contributed by atoms with van der Waals surface area (Å²) in [6.45, 7) is 2.48. The van der Waals surface area contributed by atoms with Crippen molar-refractivity contribution in [2.24, 2.45) is 5.92 Å². The topological polar surface area (TPSA) is 92.7 Å². The summed E-state index contributed by atoms with van der Waals surface area (Å²) in [4.78, 5) is 11.0. The molecule has 0 radical (unpaired) electrons. The van der Waals surface area contributed by atoms with Gasteiger partial charge >= 0.3 is 16.1 Å². The third-order valence-electron chi connectivity index (χ3n) is 4.03. The van der Waals surface area contributed by atoms with Crippen molar-refractivity contribution in [3.63, 3.8) is 0 Å². The molecule has 146 valence electrons. The highest BCUT2D eigenvalue weighted by Gasteiger charge is 2.11. The molecule has 2 aromatic carbocycles. The number of aryl methyl sites for hydroxylation is 1. The van der Waals surface area contributed by atoms with Crippen molar-refractivity contribution in [1.82, 2.24) is 0 Å². The fourth-order valence-electron chi connectivity index (χ4n) is 2.66. The monoisotopic (exact) mass is 391 g/mol. The van der Waals surface area contributed by atoms with E-state index in [4.69, 9.17) is 9.29 Å². The number of hydrogen-bond acceptors (Lipinski definition) is 5. The molecule has 0 bridgehead atoms.